The van der Waals surface area contributed by atoms with E-state index in [0.717, 1.165) is 11.1 Å². The van der Waals surface area contributed by atoms with Gasteiger partial charge in [0.2, 0.25) is 6.10 Å². The molecule has 1 N–H and O–H groups in total. The topological polar surface area (TPSA) is 119 Å². The lowest BCUT2D eigenvalue weighted by atomic mass is 10.0. The van der Waals surface area contributed by atoms with Gasteiger partial charge in [-0.3, -0.25) is 14.9 Å². The summed E-state index contributed by atoms with van der Waals surface area (Å²) in [6.45, 7) is 1.17. The third kappa shape index (κ3) is 7.49. The molecule has 0 bridgehead atoms. The standard InChI is InChI=1S/C35H33NO9/c1-40-18-20-42-27-17-16-25(22-29(27)43-21-19-41-2)32(44-28-15-9-14-26-30(28)34(38)36-33(26)37)35(39)45-31(23-10-5-3-6-11-23)24-12-7-4-8-13-24/h3-17,22,31-32H,18-21H2,1-2H3,(H,36,37,38). The zero-order chi connectivity index (χ0) is 31.6. The number of methoxy groups -OCH3 is 2. The fraction of sp³-hybridized carbons (Fsp3) is 0.229. The van der Waals surface area contributed by atoms with Gasteiger partial charge in [0.05, 0.1) is 24.3 Å². The van der Waals surface area contributed by atoms with E-state index in [-0.39, 0.29) is 30.1 Å². The van der Waals surface area contributed by atoms with Gasteiger partial charge in [0, 0.05) is 19.8 Å². The summed E-state index contributed by atoms with van der Waals surface area (Å²) < 4.78 is 34.5. The van der Waals surface area contributed by atoms with E-state index in [2.05, 4.69) is 5.32 Å². The average molecular weight is 612 g/mol. The number of carbonyl (C=O) groups excluding carboxylic acids is 3. The van der Waals surface area contributed by atoms with E-state index in [0.29, 0.717) is 30.3 Å². The van der Waals surface area contributed by atoms with Gasteiger partial charge < -0.3 is 28.4 Å². The van der Waals surface area contributed by atoms with Crippen molar-refractivity contribution < 1.29 is 42.8 Å². The number of carbonyl (C=O) groups is 3. The van der Waals surface area contributed by atoms with E-state index >= 15 is 0 Å². The van der Waals surface area contributed by atoms with Gasteiger partial charge in [0.25, 0.3) is 11.8 Å². The van der Waals surface area contributed by atoms with E-state index in [1.54, 1.807) is 38.5 Å². The summed E-state index contributed by atoms with van der Waals surface area (Å²) >= 11 is 0. The highest BCUT2D eigenvalue weighted by atomic mass is 16.6. The van der Waals surface area contributed by atoms with Crippen LogP contribution in [-0.2, 0) is 19.0 Å². The van der Waals surface area contributed by atoms with Crippen LogP contribution >= 0.6 is 0 Å². The van der Waals surface area contributed by atoms with Gasteiger partial charge in [-0.1, -0.05) is 72.8 Å². The molecule has 5 rings (SSSR count). The third-order valence-corrected chi connectivity index (χ3v) is 6.98. The molecule has 0 saturated heterocycles. The largest absolute Gasteiger partial charge is 0.487 e. The van der Waals surface area contributed by atoms with E-state index < -0.39 is 30.0 Å². The number of hydrogen-bond acceptors (Lipinski definition) is 9. The van der Waals surface area contributed by atoms with Crippen LogP contribution in [0.5, 0.6) is 17.2 Å². The monoisotopic (exact) mass is 611 g/mol. The number of esters is 1. The summed E-state index contributed by atoms with van der Waals surface area (Å²) in [6.07, 6.45) is -2.13. The fourth-order valence-corrected chi connectivity index (χ4v) is 4.82. The van der Waals surface area contributed by atoms with Crippen molar-refractivity contribution in [1.82, 2.24) is 5.32 Å². The molecule has 10 nitrogen and oxygen atoms in total. The second-order valence-electron chi connectivity index (χ2n) is 9.99. The Bertz CT molecular complexity index is 1590. The molecule has 1 unspecified atom stereocenters. The summed E-state index contributed by atoms with van der Waals surface area (Å²) in [6, 6.07) is 28.3. The molecular weight excluding hydrogens is 578 g/mol. The molecule has 0 saturated carbocycles. The quantitative estimate of drug-likeness (QED) is 0.112. The van der Waals surface area contributed by atoms with Crippen molar-refractivity contribution in [2.75, 3.05) is 40.6 Å². The van der Waals surface area contributed by atoms with Crippen molar-refractivity contribution in [2.24, 2.45) is 0 Å². The highest BCUT2D eigenvalue weighted by molar-refractivity contribution is 6.22. The number of nitrogens with one attached hydrogen (secondary N) is 1. The summed E-state index contributed by atoms with van der Waals surface area (Å²) in [7, 11) is 3.13. The van der Waals surface area contributed by atoms with Crippen LogP contribution in [0.1, 0.15) is 49.6 Å². The number of benzene rings is 4. The summed E-state index contributed by atoms with van der Waals surface area (Å²) in [5, 5.41) is 2.28. The third-order valence-electron chi connectivity index (χ3n) is 6.98. The zero-order valence-electron chi connectivity index (χ0n) is 24.9. The number of imide groups is 1. The first-order valence-electron chi connectivity index (χ1n) is 14.3. The summed E-state index contributed by atoms with van der Waals surface area (Å²) in [4.78, 5) is 39.3. The Morgan fingerprint density at radius 2 is 1.27 bits per heavy atom. The van der Waals surface area contributed by atoms with Crippen LogP contribution in [0.15, 0.2) is 97.1 Å². The molecule has 0 fully saturated rings. The fourth-order valence-electron chi connectivity index (χ4n) is 4.82. The summed E-state index contributed by atoms with van der Waals surface area (Å²) in [5.41, 5.74) is 2.08. The number of ether oxygens (including phenoxy) is 6. The van der Waals surface area contributed by atoms with Gasteiger partial charge in [-0.25, -0.2) is 4.79 Å². The molecule has 10 heteroatoms. The van der Waals surface area contributed by atoms with Gasteiger partial charge in [-0.2, -0.15) is 0 Å². The van der Waals surface area contributed by atoms with Gasteiger partial charge in [0.15, 0.2) is 17.6 Å². The molecule has 1 aliphatic heterocycles. The van der Waals surface area contributed by atoms with Crippen LogP contribution in [0.3, 0.4) is 0 Å². The lowest BCUT2D eigenvalue weighted by molar-refractivity contribution is -0.156. The number of rotatable bonds is 15. The minimum absolute atomic E-state index is 0.0408. The highest BCUT2D eigenvalue weighted by Gasteiger charge is 2.35. The maximum absolute atomic E-state index is 14.2. The van der Waals surface area contributed by atoms with Gasteiger partial charge in [-0.15, -0.1) is 0 Å². The van der Waals surface area contributed by atoms with Crippen LogP contribution in [0.4, 0.5) is 0 Å². The molecule has 0 spiro atoms. The molecule has 4 aromatic rings. The van der Waals surface area contributed by atoms with Crippen LogP contribution in [-0.4, -0.2) is 58.4 Å². The normalized spacial score (nSPS) is 12.8. The van der Waals surface area contributed by atoms with E-state index in [1.807, 2.05) is 60.7 Å². The Hall–Kier alpha value is -5.19. The Balaban J connectivity index is 1.55. The van der Waals surface area contributed by atoms with Crippen LogP contribution < -0.4 is 19.5 Å². The van der Waals surface area contributed by atoms with Crippen molar-refractivity contribution in [2.45, 2.75) is 12.2 Å². The second kappa shape index (κ2) is 15.0. The molecule has 0 radical (unpaired) electrons. The SMILES string of the molecule is COCCOc1ccc(C(Oc2cccc3c2C(=O)NC3=O)C(=O)OC(c2ccccc2)c2ccccc2)cc1OCCOC. The Kier molecular flexibility index (Phi) is 10.4. The Morgan fingerprint density at radius 3 is 1.89 bits per heavy atom. The predicted octanol–water partition coefficient (Wildman–Crippen LogP) is 5.07. The maximum atomic E-state index is 14.2. The highest BCUT2D eigenvalue weighted by Crippen LogP contribution is 2.37. The number of hydrogen-bond donors (Lipinski definition) is 1. The minimum Gasteiger partial charge on any atom is -0.487 e. The van der Waals surface area contributed by atoms with Crippen molar-refractivity contribution >= 4 is 17.8 Å². The smallest absolute Gasteiger partial charge is 0.353 e. The molecule has 1 heterocycles. The van der Waals surface area contributed by atoms with Crippen molar-refractivity contribution in [3.05, 3.63) is 125 Å². The van der Waals surface area contributed by atoms with E-state index in [9.17, 15) is 14.4 Å². The lowest BCUT2D eigenvalue weighted by Crippen LogP contribution is -2.25. The van der Waals surface area contributed by atoms with Gasteiger partial charge in [-0.05, 0) is 35.4 Å². The summed E-state index contributed by atoms with van der Waals surface area (Å²) in [5.74, 6) is -1.07. The van der Waals surface area contributed by atoms with Crippen molar-refractivity contribution in [3.63, 3.8) is 0 Å². The first-order chi connectivity index (χ1) is 22.0. The Labute approximate surface area is 260 Å². The lowest BCUT2D eigenvalue weighted by Gasteiger charge is -2.25. The molecule has 1 atom stereocenters. The number of amides is 2. The van der Waals surface area contributed by atoms with Crippen LogP contribution in [0, 0.1) is 0 Å². The molecule has 0 aliphatic carbocycles. The second-order valence-corrected chi connectivity index (χ2v) is 9.99. The predicted molar refractivity (Wildman–Crippen MR) is 164 cm³/mol. The van der Waals surface area contributed by atoms with Crippen LogP contribution in [0.2, 0.25) is 0 Å². The molecular formula is C35H33NO9. The van der Waals surface area contributed by atoms with Gasteiger partial charge >= 0.3 is 5.97 Å². The molecule has 45 heavy (non-hydrogen) atoms. The maximum Gasteiger partial charge on any atom is 0.353 e. The Morgan fingerprint density at radius 1 is 0.644 bits per heavy atom. The van der Waals surface area contributed by atoms with Crippen LogP contribution in [0.25, 0.3) is 0 Å². The first kappa shape index (κ1) is 31.2. The molecule has 0 aromatic heterocycles. The molecule has 4 aromatic carbocycles. The minimum atomic E-state index is -1.37. The zero-order valence-corrected chi connectivity index (χ0v) is 24.9. The van der Waals surface area contributed by atoms with E-state index in [4.69, 9.17) is 28.4 Å². The average Bonchev–Trinajstić information content (AvgIpc) is 3.37. The molecule has 2 amide bonds. The molecule has 1 aliphatic rings. The van der Waals surface area contributed by atoms with Crippen molar-refractivity contribution in [1.29, 1.82) is 0 Å². The number of fused-ring (bicyclic) bond motifs is 1. The van der Waals surface area contributed by atoms with Crippen molar-refractivity contribution in [3.8, 4) is 17.2 Å². The molecule has 232 valence electrons. The van der Waals surface area contributed by atoms with Gasteiger partial charge in [0.1, 0.15) is 19.0 Å². The first-order valence-corrected chi connectivity index (χ1v) is 14.3. The van der Waals surface area contributed by atoms with E-state index in [1.165, 1.54) is 12.1 Å².